The van der Waals surface area contributed by atoms with Crippen molar-refractivity contribution < 1.29 is 72.4 Å². The first-order chi connectivity index (χ1) is 25.1. The molecule has 0 nitrogen and oxygen atoms in total. The Morgan fingerprint density at radius 3 is 1.39 bits per heavy atom. The minimum Gasteiger partial charge on any atom is -1.00 e. The first kappa shape index (κ1) is 42.4. The molecule has 0 heterocycles. The van der Waals surface area contributed by atoms with Crippen LogP contribution in [0.15, 0.2) is 106 Å². The van der Waals surface area contributed by atoms with Crippen LogP contribution in [-0.2, 0) is 44.4 Å². The number of allylic oxidation sites excluding steroid dienone is 6. The number of hydrogen-bond donors (Lipinski definition) is 0. The fourth-order valence-corrected chi connectivity index (χ4v) is 17.7. The van der Waals surface area contributed by atoms with E-state index in [-0.39, 0.29) is 44.7 Å². The second-order valence-electron chi connectivity index (χ2n) is 17.3. The van der Waals surface area contributed by atoms with Gasteiger partial charge in [0.15, 0.2) is 0 Å². The Bertz CT molecular complexity index is 2260. The largest absolute Gasteiger partial charge is 1.00 e. The van der Waals surface area contributed by atoms with Crippen molar-refractivity contribution in [3.8, 4) is 11.1 Å². The maximum Gasteiger partial charge on any atom is -1.00 e. The normalized spacial score (nSPS) is 17.1. The molecule has 0 saturated carbocycles. The van der Waals surface area contributed by atoms with Gasteiger partial charge in [-0.1, -0.05) is 0 Å². The molecule has 0 amide bonds. The Morgan fingerprint density at radius 2 is 1.04 bits per heavy atom. The molecule has 4 aromatic rings. The Hall–Kier alpha value is -3.25. The first-order valence-corrected chi connectivity index (χ1v) is 22.3. The summed E-state index contributed by atoms with van der Waals surface area (Å²) >= 11 is -3.54. The number of hydrogen-bond acceptors (Lipinski definition) is 0. The molecule has 0 aromatic heterocycles. The summed E-state index contributed by atoms with van der Waals surface area (Å²) < 4.78 is 85.8. The summed E-state index contributed by atoms with van der Waals surface area (Å²) in [5, 5.41) is 0. The van der Waals surface area contributed by atoms with E-state index in [4.69, 9.17) is 0 Å². The molecule has 4 aliphatic rings. The van der Waals surface area contributed by atoms with Gasteiger partial charge in [0.2, 0.25) is 0 Å². The van der Waals surface area contributed by atoms with E-state index in [0.29, 0.717) is 17.5 Å². The Labute approximate surface area is 345 Å². The second kappa shape index (κ2) is 14.2. The van der Waals surface area contributed by atoms with Gasteiger partial charge in [0.25, 0.3) is 0 Å². The Balaban J connectivity index is 0.00000266. The van der Waals surface area contributed by atoms with E-state index in [9.17, 15) is 26.3 Å². The molecular weight excluding hydrogens is 841 g/mol. The van der Waals surface area contributed by atoms with E-state index in [1.54, 1.807) is 0 Å². The molecule has 0 saturated heterocycles. The van der Waals surface area contributed by atoms with Crippen molar-refractivity contribution in [1.82, 2.24) is 0 Å². The van der Waals surface area contributed by atoms with Crippen molar-refractivity contribution >= 4 is 15.4 Å². The van der Waals surface area contributed by atoms with E-state index in [1.807, 2.05) is 0 Å². The fraction of sp³-hybridized carbons (Fsp3) is 0.298. The van der Waals surface area contributed by atoms with Crippen LogP contribution in [0.4, 0.5) is 26.3 Å². The summed E-state index contributed by atoms with van der Waals surface area (Å²) in [6.45, 7) is 15.4. The van der Waals surface area contributed by atoms with Gasteiger partial charge < -0.3 is 24.8 Å². The van der Waals surface area contributed by atoms with Crippen LogP contribution in [-0.4, -0.2) is 3.21 Å². The van der Waals surface area contributed by atoms with Gasteiger partial charge in [0.1, 0.15) is 0 Å². The van der Waals surface area contributed by atoms with Crippen molar-refractivity contribution in [3.05, 3.63) is 162 Å². The van der Waals surface area contributed by atoms with Crippen molar-refractivity contribution in [3.63, 3.8) is 0 Å². The number of halogens is 8. The zero-order valence-electron chi connectivity index (χ0n) is 32.2. The molecule has 0 unspecified atom stereocenters. The maximum absolute atomic E-state index is 14.0. The molecule has 4 aliphatic carbocycles. The molecule has 9 heteroatoms. The van der Waals surface area contributed by atoms with Crippen LogP contribution < -0.4 is 24.8 Å². The molecule has 8 rings (SSSR count). The Kier molecular flexibility index (Phi) is 10.8. The molecule has 0 atom stereocenters. The van der Waals surface area contributed by atoms with Gasteiger partial charge >= 0.3 is 323 Å². The second-order valence-corrected chi connectivity index (χ2v) is 23.6. The summed E-state index contributed by atoms with van der Waals surface area (Å²) in [6, 6.07) is 19.9. The summed E-state index contributed by atoms with van der Waals surface area (Å²) in [4.78, 5) is 0. The minimum atomic E-state index is -4.53. The number of alkyl halides is 6. The monoisotopic (exact) mass is 880 g/mol. The van der Waals surface area contributed by atoms with Crippen LogP contribution in [0.3, 0.4) is 0 Å². The molecule has 0 radical (unpaired) electrons. The maximum atomic E-state index is 14.0. The summed E-state index contributed by atoms with van der Waals surface area (Å²) in [5.74, 6) is 0. The number of benzene rings is 4. The molecule has 0 aliphatic heterocycles. The fourth-order valence-electron chi connectivity index (χ4n) is 8.71. The SMILES string of the molecule is CC(C)(C)C1=CC[C]([Zr+2](=[C](c2ccc(C(F)(F)F)cc2)c2ccc(C(F)(F)F)cc2)[CH]2c3cc4c(cc3-c3cc5c(cc32)C(C)(C)C=C5)C=CC4(C)C)=C1.[Cl-].[Cl-]. The zero-order chi connectivity index (χ0) is 38.7. The third-order valence-corrected chi connectivity index (χ3v) is 20.0. The van der Waals surface area contributed by atoms with Crippen molar-refractivity contribution in [2.75, 3.05) is 0 Å². The van der Waals surface area contributed by atoms with E-state index < -0.39 is 44.7 Å². The predicted molar refractivity (Wildman–Crippen MR) is 204 cm³/mol. The van der Waals surface area contributed by atoms with E-state index in [2.05, 4.69) is 109 Å². The molecule has 290 valence electrons. The first-order valence-electron chi connectivity index (χ1n) is 18.4. The van der Waals surface area contributed by atoms with Gasteiger partial charge in [0, 0.05) is 0 Å². The van der Waals surface area contributed by atoms with Gasteiger partial charge in [-0.3, -0.25) is 0 Å². The topological polar surface area (TPSA) is 0 Å². The van der Waals surface area contributed by atoms with E-state index in [0.717, 1.165) is 38.6 Å². The Morgan fingerprint density at radius 1 is 0.625 bits per heavy atom. The van der Waals surface area contributed by atoms with Crippen LogP contribution in [0.1, 0.15) is 114 Å². The third-order valence-electron chi connectivity index (χ3n) is 11.7. The standard InChI is InChI=1S/C23H21.C15H8F6.C9H13.2ClH.Zr/c1-22(2)7-5-14-10-18-16(12-20(14)22)9-17-13-21-15(11-19(17)18)6-8-23(21,3)4;16-14(17,18)12-5-1-10(2-6-12)9-11-3-7-13(8-4-11)15(19,20)21;1-9(2,3)8-6-4-5-7-8;;;/h5-13H,1-4H3;1-8H;6-7H,4H2,1-3H3;2*1H;/q;;;;;+2/p-2. The molecule has 56 heavy (non-hydrogen) atoms. The minimum absolute atomic E-state index is 0. The quantitative estimate of drug-likeness (QED) is 0.186. The van der Waals surface area contributed by atoms with Crippen molar-refractivity contribution in [2.24, 2.45) is 5.41 Å². The van der Waals surface area contributed by atoms with Crippen LogP contribution in [0.25, 0.3) is 23.3 Å². The van der Waals surface area contributed by atoms with Crippen LogP contribution in [0, 0.1) is 5.41 Å². The van der Waals surface area contributed by atoms with Gasteiger partial charge in [-0.15, -0.1) is 0 Å². The molecular formula is C47H42Cl2F6Zr. The van der Waals surface area contributed by atoms with E-state index >= 15 is 0 Å². The molecule has 4 aromatic carbocycles. The average Bonchev–Trinajstić information content (AvgIpc) is 3.85. The molecule has 0 spiro atoms. The van der Waals surface area contributed by atoms with Crippen LogP contribution in [0.2, 0.25) is 0 Å². The van der Waals surface area contributed by atoms with Gasteiger partial charge in [-0.2, -0.15) is 0 Å². The van der Waals surface area contributed by atoms with Crippen LogP contribution in [0.5, 0.6) is 0 Å². The smallest absolute Gasteiger partial charge is 1.00 e. The zero-order valence-corrected chi connectivity index (χ0v) is 36.2. The third kappa shape index (κ3) is 7.24. The average molecular weight is 883 g/mol. The molecule has 0 N–H and O–H groups in total. The number of fused-ring (bicyclic) bond motifs is 5. The molecule has 0 bridgehead atoms. The number of rotatable bonds is 4. The summed E-state index contributed by atoms with van der Waals surface area (Å²) in [6.07, 6.45) is 5.09. The van der Waals surface area contributed by atoms with Gasteiger partial charge in [-0.25, -0.2) is 0 Å². The van der Waals surface area contributed by atoms with Gasteiger partial charge in [-0.05, 0) is 0 Å². The molecule has 0 fully saturated rings. The van der Waals surface area contributed by atoms with Gasteiger partial charge in [0.05, 0.1) is 0 Å². The summed E-state index contributed by atoms with van der Waals surface area (Å²) in [5.41, 5.74) is 9.98. The van der Waals surface area contributed by atoms with E-state index in [1.165, 1.54) is 66.5 Å². The van der Waals surface area contributed by atoms with Crippen molar-refractivity contribution in [1.29, 1.82) is 0 Å². The summed E-state index contributed by atoms with van der Waals surface area (Å²) in [7, 11) is 0. The predicted octanol–water partition coefficient (Wildman–Crippen LogP) is 7.56. The van der Waals surface area contributed by atoms with Crippen LogP contribution >= 0.6 is 0 Å². The van der Waals surface area contributed by atoms with Crippen molar-refractivity contribution in [2.45, 2.75) is 81.7 Å².